The van der Waals surface area contributed by atoms with Gasteiger partial charge >= 0.3 is 0 Å². The molecular formula is C16H13IN2O3. The van der Waals surface area contributed by atoms with E-state index in [9.17, 15) is 9.59 Å². The second-order valence-electron chi connectivity index (χ2n) is 6.60. The van der Waals surface area contributed by atoms with Crippen molar-refractivity contribution in [2.45, 2.75) is 12.8 Å². The Morgan fingerprint density at radius 2 is 1.82 bits per heavy atom. The van der Waals surface area contributed by atoms with Gasteiger partial charge in [-0.15, -0.1) is 0 Å². The van der Waals surface area contributed by atoms with Crippen molar-refractivity contribution in [1.82, 2.24) is 5.01 Å². The summed E-state index contributed by atoms with van der Waals surface area (Å²) in [5.74, 6) is 0.346. The molecule has 0 radical (unpaired) electrons. The van der Waals surface area contributed by atoms with Gasteiger partial charge in [0, 0.05) is 0 Å². The van der Waals surface area contributed by atoms with Gasteiger partial charge in [0.25, 0.3) is 11.8 Å². The molecule has 0 unspecified atom stereocenters. The highest BCUT2D eigenvalue weighted by molar-refractivity contribution is 14.1. The summed E-state index contributed by atoms with van der Waals surface area (Å²) in [5.41, 5.74) is 0.230. The predicted octanol–water partition coefficient (Wildman–Crippen LogP) is 2.42. The Labute approximate surface area is 140 Å². The molecule has 2 bridgehead atoms. The molecule has 2 heterocycles. The number of hydrogen-bond acceptors (Lipinski definition) is 4. The number of hydrogen-bond donors (Lipinski definition) is 0. The van der Waals surface area contributed by atoms with Crippen molar-refractivity contribution in [2.24, 2.45) is 34.2 Å². The van der Waals surface area contributed by atoms with Crippen molar-refractivity contribution >= 4 is 40.6 Å². The highest BCUT2D eigenvalue weighted by Gasteiger charge is 2.73. The smallest absolute Gasteiger partial charge is 0.254 e. The number of furan rings is 1. The average Bonchev–Trinajstić information content (AvgIpc) is 2.87. The lowest BCUT2D eigenvalue weighted by Crippen LogP contribution is -2.30. The van der Waals surface area contributed by atoms with E-state index in [1.54, 1.807) is 6.07 Å². The van der Waals surface area contributed by atoms with Crippen molar-refractivity contribution < 1.29 is 14.0 Å². The number of hydrazone groups is 1. The minimum Gasteiger partial charge on any atom is -0.449 e. The molecule has 5 nitrogen and oxygen atoms in total. The average molecular weight is 408 g/mol. The van der Waals surface area contributed by atoms with E-state index in [0.717, 1.165) is 21.6 Å². The first kappa shape index (κ1) is 13.0. The molecule has 6 heteroatoms. The summed E-state index contributed by atoms with van der Waals surface area (Å²) < 4.78 is 6.12. The molecule has 1 aliphatic heterocycles. The Bertz CT molecular complexity index is 727. The molecule has 3 fully saturated rings. The summed E-state index contributed by atoms with van der Waals surface area (Å²) >= 11 is 2.06. The van der Waals surface area contributed by atoms with Crippen LogP contribution in [-0.2, 0) is 9.59 Å². The molecule has 4 atom stereocenters. The molecule has 2 amide bonds. The Hall–Kier alpha value is -1.44. The van der Waals surface area contributed by atoms with Crippen LogP contribution < -0.4 is 0 Å². The number of allylic oxidation sites excluding steroid dienone is 2. The Balaban J connectivity index is 1.45. The van der Waals surface area contributed by atoms with E-state index < -0.39 is 0 Å². The fourth-order valence-corrected chi connectivity index (χ4v) is 5.12. The molecule has 0 N–H and O–H groups in total. The van der Waals surface area contributed by atoms with Crippen LogP contribution in [0.2, 0.25) is 0 Å². The normalized spacial score (nSPS) is 37.0. The minimum absolute atomic E-state index is 0.143. The fraction of sp³-hybridized carbons (Fsp3) is 0.438. The van der Waals surface area contributed by atoms with E-state index in [1.165, 1.54) is 6.21 Å². The third kappa shape index (κ3) is 1.46. The van der Waals surface area contributed by atoms with E-state index in [4.69, 9.17) is 4.42 Å². The zero-order chi connectivity index (χ0) is 15.1. The van der Waals surface area contributed by atoms with E-state index in [0.29, 0.717) is 5.76 Å². The molecule has 0 aromatic carbocycles. The third-order valence-corrected chi connectivity index (χ3v) is 6.30. The lowest BCUT2D eigenvalue weighted by Gasteiger charge is -2.18. The van der Waals surface area contributed by atoms with E-state index in [-0.39, 0.29) is 40.9 Å². The first-order chi connectivity index (χ1) is 10.6. The minimum atomic E-state index is -0.195. The van der Waals surface area contributed by atoms with Gasteiger partial charge in [0.1, 0.15) is 5.76 Å². The van der Waals surface area contributed by atoms with Crippen molar-refractivity contribution in [3.05, 3.63) is 33.8 Å². The summed E-state index contributed by atoms with van der Waals surface area (Å²) in [6, 6.07) is 3.58. The van der Waals surface area contributed by atoms with Crippen LogP contribution >= 0.6 is 22.6 Å². The van der Waals surface area contributed by atoms with Crippen molar-refractivity contribution in [2.75, 3.05) is 0 Å². The molecule has 5 rings (SSSR count). The molecule has 1 saturated heterocycles. The summed E-state index contributed by atoms with van der Waals surface area (Å²) in [6.07, 6.45) is 8.06. The lowest BCUT2D eigenvalue weighted by molar-refractivity contribution is -0.141. The van der Waals surface area contributed by atoms with Gasteiger partial charge in [0.15, 0.2) is 3.77 Å². The van der Waals surface area contributed by atoms with Crippen LogP contribution in [0.1, 0.15) is 18.6 Å². The molecular weight excluding hydrogens is 395 g/mol. The number of imide groups is 1. The van der Waals surface area contributed by atoms with Crippen molar-refractivity contribution in [3.8, 4) is 0 Å². The SMILES string of the molecule is O=C1[C@@H]2[C@@H](C(=O)N1N=Cc1ccc(I)o1)[C@H]1C=C[C@H]2C12CC2. The largest absolute Gasteiger partial charge is 0.449 e. The standard InChI is InChI=1S/C16H13IN2O3/c17-11-4-1-8(22-11)7-18-19-14(20)12-9-2-3-10(13(12)15(19)21)16(9)5-6-16/h1-4,7,9-10,12-13H,5-6H2/t9-,10-,12+,13+/m1/s1. The summed E-state index contributed by atoms with van der Waals surface area (Å²) in [5, 5.41) is 5.16. The lowest BCUT2D eigenvalue weighted by atomic mass is 9.85. The monoisotopic (exact) mass is 408 g/mol. The fourth-order valence-electron chi connectivity index (χ4n) is 4.69. The Morgan fingerprint density at radius 1 is 1.18 bits per heavy atom. The quantitative estimate of drug-likeness (QED) is 0.327. The second kappa shape index (κ2) is 4.10. The van der Waals surface area contributed by atoms with Crippen LogP contribution in [0.25, 0.3) is 0 Å². The van der Waals surface area contributed by atoms with Crippen LogP contribution in [0.5, 0.6) is 0 Å². The van der Waals surface area contributed by atoms with Crippen molar-refractivity contribution in [3.63, 3.8) is 0 Å². The van der Waals surface area contributed by atoms with E-state index >= 15 is 0 Å². The molecule has 112 valence electrons. The van der Waals surface area contributed by atoms with Gasteiger partial charge < -0.3 is 4.42 Å². The van der Waals surface area contributed by atoms with Gasteiger partial charge in [0.2, 0.25) is 0 Å². The molecule has 2 saturated carbocycles. The van der Waals surface area contributed by atoms with Crippen LogP contribution in [0.3, 0.4) is 0 Å². The summed E-state index contributed by atoms with van der Waals surface area (Å²) in [4.78, 5) is 25.3. The third-order valence-electron chi connectivity index (χ3n) is 5.72. The van der Waals surface area contributed by atoms with Crippen LogP contribution in [-0.4, -0.2) is 23.0 Å². The van der Waals surface area contributed by atoms with E-state index in [2.05, 4.69) is 39.8 Å². The van der Waals surface area contributed by atoms with Crippen LogP contribution in [0, 0.1) is 32.9 Å². The summed E-state index contributed by atoms with van der Waals surface area (Å²) in [6.45, 7) is 0. The predicted molar refractivity (Wildman–Crippen MR) is 85.6 cm³/mol. The maximum Gasteiger partial charge on any atom is 0.254 e. The first-order valence-corrected chi connectivity index (χ1v) is 8.55. The molecule has 3 aliphatic carbocycles. The molecule has 4 aliphatic rings. The molecule has 1 spiro atoms. The van der Waals surface area contributed by atoms with Gasteiger partial charge in [-0.05, 0) is 64.8 Å². The maximum absolute atomic E-state index is 12.7. The number of amides is 2. The molecule has 1 aromatic rings. The zero-order valence-corrected chi connectivity index (χ0v) is 13.8. The number of carbonyl (C=O) groups is 2. The number of rotatable bonds is 2. The highest BCUT2D eigenvalue weighted by Crippen LogP contribution is 2.73. The number of nitrogens with zero attached hydrogens (tertiary/aromatic N) is 2. The first-order valence-electron chi connectivity index (χ1n) is 7.47. The highest BCUT2D eigenvalue weighted by atomic mass is 127. The summed E-state index contributed by atoms with van der Waals surface area (Å²) in [7, 11) is 0. The number of fused-ring (bicyclic) bond motifs is 3. The topological polar surface area (TPSA) is 62.9 Å². The molecule has 22 heavy (non-hydrogen) atoms. The van der Waals surface area contributed by atoms with Crippen LogP contribution in [0.4, 0.5) is 0 Å². The maximum atomic E-state index is 12.7. The molecule has 1 aromatic heterocycles. The van der Waals surface area contributed by atoms with Gasteiger partial charge in [-0.25, -0.2) is 0 Å². The second-order valence-corrected chi connectivity index (χ2v) is 7.66. The van der Waals surface area contributed by atoms with Gasteiger partial charge in [-0.3, -0.25) is 9.59 Å². The van der Waals surface area contributed by atoms with Gasteiger partial charge in [0.05, 0.1) is 18.1 Å². The van der Waals surface area contributed by atoms with E-state index in [1.807, 2.05) is 6.07 Å². The number of halogens is 1. The zero-order valence-electron chi connectivity index (χ0n) is 11.6. The van der Waals surface area contributed by atoms with Gasteiger partial charge in [-0.1, -0.05) is 12.2 Å². The van der Waals surface area contributed by atoms with Crippen LogP contribution in [0.15, 0.2) is 33.8 Å². The van der Waals surface area contributed by atoms with Crippen molar-refractivity contribution in [1.29, 1.82) is 0 Å². The van der Waals surface area contributed by atoms with Gasteiger partial charge in [-0.2, -0.15) is 10.1 Å². The number of carbonyl (C=O) groups excluding carboxylic acids is 2. The Morgan fingerprint density at radius 3 is 2.32 bits per heavy atom. The Kier molecular flexibility index (Phi) is 2.43.